The van der Waals surface area contributed by atoms with Crippen molar-refractivity contribution in [2.24, 2.45) is 0 Å². The Balaban J connectivity index is 1.03. The third kappa shape index (κ3) is 5.83. The number of nitrogens with zero attached hydrogens (tertiary/aromatic N) is 2. The molecule has 4 aliphatic rings. The normalized spacial score (nSPS) is 14.5. The Morgan fingerprint density at radius 1 is 0.377 bits per heavy atom. The molecule has 77 heavy (non-hydrogen) atoms. The van der Waals surface area contributed by atoms with E-state index in [4.69, 9.17) is 4.74 Å². The summed E-state index contributed by atoms with van der Waals surface area (Å²) >= 11 is 0. The highest BCUT2D eigenvalue weighted by Crippen LogP contribution is 2.65. The SMILES string of the molecule is CC(C)(C)c1ccc2c(c1)B1c3c(cc(-n4c5ccccc5c5cccc(-c6cccc7c6C6(c8ccccc8-c8ccccc86)c6ccccc6-7)c54)cc3-n3c4ccc(C(C)(C)C)cc4c4cc(C(C)(C)C)cc1c43)O2. The Kier molecular flexibility index (Phi) is 8.74. The molecule has 0 unspecified atom stereocenters. The number of rotatable bonds is 2. The summed E-state index contributed by atoms with van der Waals surface area (Å²) in [6, 6.07) is 74.7. The van der Waals surface area contributed by atoms with Crippen molar-refractivity contribution < 1.29 is 4.74 Å². The number of fused-ring (bicyclic) bond motifs is 20. The first-order valence-electron chi connectivity index (χ1n) is 27.7. The van der Waals surface area contributed by atoms with E-state index in [0.29, 0.717) is 0 Å². The van der Waals surface area contributed by atoms with E-state index in [1.807, 2.05) is 0 Å². The molecule has 0 saturated carbocycles. The van der Waals surface area contributed by atoms with Crippen molar-refractivity contribution in [2.45, 2.75) is 84.0 Å². The molecular formula is C73H59BN2O. The van der Waals surface area contributed by atoms with E-state index in [2.05, 4.69) is 266 Å². The van der Waals surface area contributed by atoms with Crippen LogP contribution in [0.3, 0.4) is 0 Å². The predicted molar refractivity (Wildman–Crippen MR) is 324 cm³/mol. The van der Waals surface area contributed by atoms with Gasteiger partial charge in [-0.2, -0.15) is 0 Å². The van der Waals surface area contributed by atoms with Gasteiger partial charge >= 0.3 is 0 Å². The van der Waals surface area contributed by atoms with Gasteiger partial charge in [-0.3, -0.25) is 0 Å². The van der Waals surface area contributed by atoms with Gasteiger partial charge in [-0.15, -0.1) is 0 Å². The van der Waals surface area contributed by atoms with Crippen LogP contribution < -0.4 is 21.1 Å². The van der Waals surface area contributed by atoms with E-state index >= 15 is 0 Å². The second-order valence-corrected chi connectivity index (χ2v) is 25.6. The lowest BCUT2D eigenvalue weighted by atomic mass is 9.34. The lowest BCUT2D eigenvalue weighted by Crippen LogP contribution is -2.58. The lowest BCUT2D eigenvalue weighted by molar-refractivity contribution is 0.486. The lowest BCUT2D eigenvalue weighted by Gasteiger charge is -2.35. The van der Waals surface area contributed by atoms with Gasteiger partial charge in [0, 0.05) is 44.4 Å². The molecule has 2 aliphatic heterocycles. The molecule has 10 aromatic carbocycles. The molecule has 3 nitrogen and oxygen atoms in total. The molecule has 0 bridgehead atoms. The molecule has 2 aromatic heterocycles. The summed E-state index contributed by atoms with van der Waals surface area (Å²) in [4.78, 5) is 0. The Hall–Kier alpha value is -8.34. The van der Waals surface area contributed by atoms with E-state index in [-0.39, 0.29) is 23.0 Å². The highest BCUT2D eigenvalue weighted by molar-refractivity contribution is 6.99. The molecular weight excluding hydrogens is 932 g/mol. The Morgan fingerprint density at radius 3 is 1.58 bits per heavy atom. The van der Waals surface area contributed by atoms with Crippen LogP contribution in [-0.2, 0) is 21.7 Å². The number of benzene rings is 10. The van der Waals surface area contributed by atoms with Gasteiger partial charge in [0.05, 0.1) is 27.7 Å². The fourth-order valence-corrected chi connectivity index (χ4v) is 14.6. The summed E-state index contributed by atoms with van der Waals surface area (Å²) in [7, 11) is 0. The van der Waals surface area contributed by atoms with Gasteiger partial charge in [-0.25, -0.2) is 0 Å². The zero-order valence-electron chi connectivity index (χ0n) is 45.4. The number of ether oxygens (including phenoxy) is 1. The minimum absolute atomic E-state index is 0.0207. The predicted octanol–water partition coefficient (Wildman–Crippen LogP) is 16.7. The van der Waals surface area contributed by atoms with Crippen molar-refractivity contribution in [3.63, 3.8) is 0 Å². The quantitative estimate of drug-likeness (QED) is 0.158. The number of para-hydroxylation sites is 2. The average molecular weight is 991 g/mol. The first-order chi connectivity index (χ1) is 37.1. The molecule has 1 spiro atoms. The van der Waals surface area contributed by atoms with Gasteiger partial charge in [0.2, 0.25) is 0 Å². The van der Waals surface area contributed by atoms with Gasteiger partial charge in [0.1, 0.15) is 11.5 Å². The largest absolute Gasteiger partial charge is 0.458 e. The summed E-state index contributed by atoms with van der Waals surface area (Å²) in [6.07, 6.45) is 0. The Labute approximate surface area is 451 Å². The van der Waals surface area contributed by atoms with Crippen molar-refractivity contribution >= 4 is 66.7 Å². The van der Waals surface area contributed by atoms with Crippen LogP contribution in [0, 0.1) is 0 Å². The number of aromatic nitrogens is 2. The monoisotopic (exact) mass is 990 g/mol. The van der Waals surface area contributed by atoms with Gasteiger partial charge in [-0.05, 0) is 136 Å². The molecule has 0 N–H and O–H groups in total. The first-order valence-corrected chi connectivity index (χ1v) is 27.7. The maximum absolute atomic E-state index is 7.43. The second kappa shape index (κ2) is 15.0. The van der Waals surface area contributed by atoms with Crippen LogP contribution in [0.4, 0.5) is 0 Å². The van der Waals surface area contributed by atoms with Crippen LogP contribution in [0.15, 0.2) is 194 Å². The molecule has 16 rings (SSSR count). The molecule has 0 saturated heterocycles. The summed E-state index contributed by atoms with van der Waals surface area (Å²) in [5.74, 6) is 1.83. The van der Waals surface area contributed by atoms with Gasteiger partial charge in [0.25, 0.3) is 6.71 Å². The maximum atomic E-state index is 7.43. The van der Waals surface area contributed by atoms with Crippen LogP contribution in [0.5, 0.6) is 11.5 Å². The minimum Gasteiger partial charge on any atom is -0.458 e. The molecule has 4 heteroatoms. The van der Waals surface area contributed by atoms with Crippen LogP contribution in [-0.4, -0.2) is 15.8 Å². The highest BCUT2D eigenvalue weighted by atomic mass is 16.5. The van der Waals surface area contributed by atoms with Crippen molar-refractivity contribution in [1.29, 1.82) is 0 Å². The topological polar surface area (TPSA) is 19.1 Å². The van der Waals surface area contributed by atoms with Crippen molar-refractivity contribution in [3.05, 3.63) is 233 Å². The molecule has 0 fully saturated rings. The van der Waals surface area contributed by atoms with Crippen molar-refractivity contribution in [2.75, 3.05) is 0 Å². The summed E-state index contributed by atoms with van der Waals surface area (Å²) < 4.78 is 12.6. The standard InChI is InChI=1S/C73H59BN2O/c1-70(2,3)42-32-34-62-54(36-42)55-37-44(72(7,8)9)39-60-69(55)76(62)63-40-45(41-65-67(63)74(60)59-38-43(71(4,5)6)33-35-64(59)77-65)75-61-31-17-13-23-49(61)52-26-19-27-53(68(52)75)51-25-18-24-50-48-22-12-16-30-58(48)73(66(50)51)56-28-14-10-20-46(56)47-21-11-15-29-57(47)73/h10-41H,1-9H3. The van der Waals surface area contributed by atoms with Gasteiger partial charge in [0.15, 0.2) is 0 Å². The highest BCUT2D eigenvalue weighted by Gasteiger charge is 2.53. The van der Waals surface area contributed by atoms with E-state index in [9.17, 15) is 0 Å². The molecule has 0 atom stereocenters. The second-order valence-electron chi connectivity index (χ2n) is 25.6. The molecule has 0 amide bonds. The summed E-state index contributed by atoms with van der Waals surface area (Å²) in [5, 5.41) is 5.05. The first kappa shape index (κ1) is 44.9. The van der Waals surface area contributed by atoms with Crippen LogP contribution in [0.1, 0.15) is 101 Å². The smallest absolute Gasteiger partial charge is 0.256 e. The fourth-order valence-electron chi connectivity index (χ4n) is 14.6. The van der Waals surface area contributed by atoms with E-state index in [1.54, 1.807) is 0 Å². The summed E-state index contributed by atoms with van der Waals surface area (Å²) in [5.41, 5.74) is 27.3. The number of hydrogen-bond donors (Lipinski definition) is 0. The molecule has 370 valence electrons. The van der Waals surface area contributed by atoms with Crippen LogP contribution in [0.2, 0.25) is 0 Å². The van der Waals surface area contributed by atoms with E-state index < -0.39 is 5.41 Å². The maximum Gasteiger partial charge on any atom is 0.256 e. The van der Waals surface area contributed by atoms with Crippen LogP contribution in [0.25, 0.3) is 88.4 Å². The number of hydrogen-bond acceptors (Lipinski definition) is 1. The minimum atomic E-state index is -0.512. The molecule has 12 aromatic rings. The average Bonchev–Trinajstić information content (AvgIpc) is 4.29. The zero-order chi connectivity index (χ0) is 52.2. The fraction of sp³-hybridized carbons (Fsp3) is 0.178. The van der Waals surface area contributed by atoms with E-state index in [1.165, 1.54) is 132 Å². The van der Waals surface area contributed by atoms with Gasteiger partial charge in [-0.1, -0.05) is 214 Å². The molecule has 2 aliphatic carbocycles. The Morgan fingerprint density at radius 2 is 0.896 bits per heavy atom. The van der Waals surface area contributed by atoms with Gasteiger partial charge < -0.3 is 13.9 Å². The van der Waals surface area contributed by atoms with E-state index in [0.717, 1.165) is 22.7 Å². The Bertz CT molecular complexity index is 4550. The molecule has 0 radical (unpaired) electrons. The third-order valence-corrected chi connectivity index (χ3v) is 18.2. The summed E-state index contributed by atoms with van der Waals surface area (Å²) in [6.45, 7) is 21.0. The van der Waals surface area contributed by atoms with Crippen LogP contribution >= 0.6 is 0 Å². The zero-order valence-corrected chi connectivity index (χ0v) is 45.4. The third-order valence-electron chi connectivity index (χ3n) is 18.2. The molecule has 4 heterocycles. The van der Waals surface area contributed by atoms with Crippen molar-refractivity contribution in [1.82, 2.24) is 9.13 Å². The van der Waals surface area contributed by atoms with Crippen molar-refractivity contribution in [3.8, 4) is 56.3 Å².